The third-order valence-corrected chi connectivity index (χ3v) is 3.85. The van der Waals surface area contributed by atoms with E-state index in [9.17, 15) is 0 Å². The lowest BCUT2D eigenvalue weighted by Crippen LogP contribution is -2.44. The fourth-order valence-corrected chi connectivity index (χ4v) is 2.49. The Bertz CT molecular complexity index is 215. The van der Waals surface area contributed by atoms with Crippen LogP contribution in [0.3, 0.4) is 0 Å². The molecule has 1 unspecified atom stereocenters. The number of hydrogen-bond donors (Lipinski definition) is 1. The molecule has 0 aliphatic carbocycles. The molecule has 0 amide bonds. The SMILES string of the molecule is CC1(C)CCCN(CCC(N)C(C)(C)C)C1. The van der Waals surface area contributed by atoms with E-state index < -0.39 is 0 Å². The molecule has 2 nitrogen and oxygen atoms in total. The number of likely N-dealkylation sites (tertiary alicyclic amines) is 1. The zero-order valence-corrected chi connectivity index (χ0v) is 11.8. The summed E-state index contributed by atoms with van der Waals surface area (Å²) < 4.78 is 0. The summed E-state index contributed by atoms with van der Waals surface area (Å²) >= 11 is 0. The van der Waals surface area contributed by atoms with Crippen molar-refractivity contribution in [3.63, 3.8) is 0 Å². The van der Waals surface area contributed by atoms with Crippen molar-refractivity contribution in [2.45, 2.75) is 59.9 Å². The van der Waals surface area contributed by atoms with E-state index in [0.717, 1.165) is 6.42 Å². The van der Waals surface area contributed by atoms with E-state index in [2.05, 4.69) is 39.5 Å². The first kappa shape index (κ1) is 14.0. The van der Waals surface area contributed by atoms with Crippen LogP contribution in [-0.4, -0.2) is 30.6 Å². The molecule has 0 spiro atoms. The second-order valence-corrected chi connectivity index (χ2v) is 7.31. The van der Waals surface area contributed by atoms with Crippen molar-refractivity contribution in [2.75, 3.05) is 19.6 Å². The summed E-state index contributed by atoms with van der Waals surface area (Å²) in [6.07, 6.45) is 3.84. The molecule has 2 N–H and O–H groups in total. The standard InChI is InChI=1S/C14H30N2/c1-13(2,3)12(15)7-10-16-9-6-8-14(4,5)11-16/h12H,6-11,15H2,1-5H3. The van der Waals surface area contributed by atoms with Crippen LogP contribution in [0.25, 0.3) is 0 Å². The first-order chi connectivity index (χ1) is 7.21. The van der Waals surface area contributed by atoms with Gasteiger partial charge >= 0.3 is 0 Å². The predicted molar refractivity (Wildman–Crippen MR) is 71.5 cm³/mol. The highest BCUT2D eigenvalue weighted by atomic mass is 15.1. The molecule has 1 aliphatic rings. The van der Waals surface area contributed by atoms with E-state index in [1.54, 1.807) is 0 Å². The maximum absolute atomic E-state index is 6.21. The summed E-state index contributed by atoms with van der Waals surface area (Å²) in [7, 11) is 0. The molecule has 0 aromatic carbocycles. The molecule has 16 heavy (non-hydrogen) atoms. The van der Waals surface area contributed by atoms with Crippen LogP contribution in [0.2, 0.25) is 0 Å². The summed E-state index contributed by atoms with van der Waals surface area (Å²) in [6, 6.07) is 0.317. The van der Waals surface area contributed by atoms with Crippen LogP contribution in [-0.2, 0) is 0 Å². The zero-order valence-electron chi connectivity index (χ0n) is 11.8. The fraction of sp³-hybridized carbons (Fsp3) is 1.00. The Morgan fingerprint density at radius 1 is 1.31 bits per heavy atom. The summed E-state index contributed by atoms with van der Waals surface area (Å²) in [6.45, 7) is 15.1. The highest BCUT2D eigenvalue weighted by Crippen LogP contribution is 2.29. The molecule has 0 bridgehead atoms. The monoisotopic (exact) mass is 226 g/mol. The maximum Gasteiger partial charge on any atom is 0.00998 e. The van der Waals surface area contributed by atoms with Crippen LogP contribution < -0.4 is 5.73 Å². The molecule has 1 rings (SSSR count). The first-order valence-electron chi connectivity index (χ1n) is 6.69. The smallest absolute Gasteiger partial charge is 0.00998 e. The topological polar surface area (TPSA) is 29.3 Å². The molecule has 2 heteroatoms. The summed E-state index contributed by atoms with van der Waals surface area (Å²) in [4.78, 5) is 2.59. The van der Waals surface area contributed by atoms with Crippen LogP contribution >= 0.6 is 0 Å². The Balaban J connectivity index is 2.33. The quantitative estimate of drug-likeness (QED) is 0.802. The Labute approximate surface area is 102 Å². The van der Waals surface area contributed by atoms with Crippen molar-refractivity contribution in [1.29, 1.82) is 0 Å². The molecule has 0 radical (unpaired) electrons. The summed E-state index contributed by atoms with van der Waals surface area (Å²) in [5.41, 5.74) is 6.95. The Morgan fingerprint density at radius 3 is 2.44 bits per heavy atom. The van der Waals surface area contributed by atoms with Crippen LogP contribution in [0.1, 0.15) is 53.9 Å². The molecule has 1 heterocycles. The normalized spacial score (nSPS) is 24.4. The molecular formula is C14H30N2. The lowest BCUT2D eigenvalue weighted by molar-refractivity contribution is 0.109. The second-order valence-electron chi connectivity index (χ2n) is 7.31. The molecule has 0 aromatic heterocycles. The first-order valence-corrected chi connectivity index (χ1v) is 6.69. The third kappa shape index (κ3) is 4.42. The maximum atomic E-state index is 6.21. The van der Waals surface area contributed by atoms with Crippen LogP contribution in [0.15, 0.2) is 0 Å². The van der Waals surface area contributed by atoms with Gasteiger partial charge in [0.25, 0.3) is 0 Å². The third-order valence-electron chi connectivity index (χ3n) is 3.85. The van der Waals surface area contributed by atoms with Gasteiger partial charge in [0.1, 0.15) is 0 Å². The fourth-order valence-electron chi connectivity index (χ4n) is 2.49. The Hall–Kier alpha value is -0.0800. The minimum Gasteiger partial charge on any atom is -0.327 e. The average Bonchev–Trinajstić information content (AvgIpc) is 2.11. The van der Waals surface area contributed by atoms with Crippen LogP contribution in [0.5, 0.6) is 0 Å². The van der Waals surface area contributed by atoms with Gasteiger partial charge in [0, 0.05) is 12.6 Å². The van der Waals surface area contributed by atoms with Gasteiger partial charge in [-0.1, -0.05) is 34.6 Å². The Kier molecular flexibility index (Phi) is 4.42. The van der Waals surface area contributed by atoms with Gasteiger partial charge in [0.05, 0.1) is 0 Å². The predicted octanol–water partition coefficient (Wildman–Crippen LogP) is 2.87. The van der Waals surface area contributed by atoms with Crippen LogP contribution in [0, 0.1) is 10.8 Å². The molecule has 1 saturated heterocycles. The number of nitrogens with zero attached hydrogens (tertiary/aromatic N) is 1. The van der Waals surface area contributed by atoms with Crippen molar-refractivity contribution in [2.24, 2.45) is 16.6 Å². The van der Waals surface area contributed by atoms with Crippen LogP contribution in [0.4, 0.5) is 0 Å². The van der Waals surface area contributed by atoms with E-state index in [0.29, 0.717) is 11.5 Å². The summed E-state index contributed by atoms with van der Waals surface area (Å²) in [5.74, 6) is 0. The number of piperidine rings is 1. The highest BCUT2D eigenvalue weighted by Gasteiger charge is 2.27. The van der Waals surface area contributed by atoms with Gasteiger partial charge in [0.15, 0.2) is 0 Å². The van der Waals surface area contributed by atoms with Gasteiger partial charge in [-0.15, -0.1) is 0 Å². The van der Waals surface area contributed by atoms with Gasteiger partial charge in [0.2, 0.25) is 0 Å². The lowest BCUT2D eigenvalue weighted by Gasteiger charge is -2.39. The van der Waals surface area contributed by atoms with E-state index in [1.165, 1.54) is 32.5 Å². The van der Waals surface area contributed by atoms with E-state index in [4.69, 9.17) is 5.73 Å². The van der Waals surface area contributed by atoms with E-state index >= 15 is 0 Å². The average molecular weight is 226 g/mol. The number of hydrogen-bond acceptors (Lipinski definition) is 2. The molecular weight excluding hydrogens is 196 g/mol. The summed E-state index contributed by atoms with van der Waals surface area (Å²) in [5, 5.41) is 0. The minimum atomic E-state index is 0.241. The van der Waals surface area contributed by atoms with E-state index in [1.807, 2.05) is 0 Å². The highest BCUT2D eigenvalue weighted by molar-refractivity contribution is 4.82. The van der Waals surface area contributed by atoms with Crippen molar-refractivity contribution in [3.8, 4) is 0 Å². The second kappa shape index (κ2) is 5.05. The molecule has 0 aromatic rings. The van der Waals surface area contributed by atoms with Crippen molar-refractivity contribution in [3.05, 3.63) is 0 Å². The van der Waals surface area contributed by atoms with Gasteiger partial charge in [-0.05, 0) is 43.2 Å². The van der Waals surface area contributed by atoms with Gasteiger partial charge in [-0.3, -0.25) is 0 Å². The number of nitrogens with two attached hydrogens (primary N) is 1. The molecule has 1 aliphatic heterocycles. The molecule has 1 atom stereocenters. The number of rotatable bonds is 3. The zero-order chi connectivity index (χ0) is 12.4. The van der Waals surface area contributed by atoms with Crippen molar-refractivity contribution >= 4 is 0 Å². The van der Waals surface area contributed by atoms with Crippen molar-refractivity contribution in [1.82, 2.24) is 4.90 Å². The van der Waals surface area contributed by atoms with E-state index in [-0.39, 0.29) is 5.41 Å². The van der Waals surface area contributed by atoms with Gasteiger partial charge in [-0.25, -0.2) is 0 Å². The minimum absolute atomic E-state index is 0.241. The lowest BCUT2D eigenvalue weighted by atomic mass is 9.83. The van der Waals surface area contributed by atoms with Crippen molar-refractivity contribution < 1.29 is 0 Å². The molecule has 96 valence electrons. The van der Waals surface area contributed by atoms with Gasteiger partial charge in [-0.2, -0.15) is 0 Å². The van der Waals surface area contributed by atoms with Gasteiger partial charge < -0.3 is 10.6 Å². The molecule has 1 fully saturated rings. The molecule has 0 saturated carbocycles. The Morgan fingerprint density at radius 2 is 1.94 bits per heavy atom. The largest absolute Gasteiger partial charge is 0.327 e.